The predicted molar refractivity (Wildman–Crippen MR) is 99.3 cm³/mol. The van der Waals surface area contributed by atoms with E-state index < -0.39 is 0 Å². The number of guanidine groups is 1. The van der Waals surface area contributed by atoms with Crippen LogP contribution in [0.15, 0.2) is 29.3 Å². The molecule has 1 aliphatic rings. The van der Waals surface area contributed by atoms with Crippen molar-refractivity contribution in [2.45, 2.75) is 32.2 Å². The van der Waals surface area contributed by atoms with Gasteiger partial charge in [0.1, 0.15) is 0 Å². The van der Waals surface area contributed by atoms with Gasteiger partial charge < -0.3 is 15.5 Å². The van der Waals surface area contributed by atoms with Gasteiger partial charge in [-0.15, -0.1) is 0 Å². The van der Waals surface area contributed by atoms with Crippen molar-refractivity contribution in [1.29, 1.82) is 0 Å². The summed E-state index contributed by atoms with van der Waals surface area (Å²) in [6.45, 7) is 4.70. The molecule has 0 bridgehead atoms. The van der Waals surface area contributed by atoms with E-state index in [0.29, 0.717) is 6.04 Å². The molecule has 1 aliphatic carbocycles. The van der Waals surface area contributed by atoms with Gasteiger partial charge in [0.2, 0.25) is 0 Å². The highest BCUT2D eigenvalue weighted by atomic mass is 35.5. The van der Waals surface area contributed by atoms with Crippen LogP contribution >= 0.6 is 11.6 Å². The van der Waals surface area contributed by atoms with Crippen LogP contribution in [0, 0.1) is 5.92 Å². The lowest BCUT2D eigenvalue weighted by molar-refractivity contribution is 0.271. The molecule has 128 valence electrons. The molecule has 0 aliphatic heterocycles. The van der Waals surface area contributed by atoms with E-state index in [1.165, 1.54) is 18.4 Å². The zero-order valence-electron chi connectivity index (χ0n) is 14.5. The first-order chi connectivity index (χ1) is 11.1. The van der Waals surface area contributed by atoms with Crippen LogP contribution in [-0.2, 0) is 6.42 Å². The molecule has 0 amide bonds. The van der Waals surface area contributed by atoms with Gasteiger partial charge in [-0.05, 0) is 63.9 Å². The third-order valence-corrected chi connectivity index (χ3v) is 4.48. The van der Waals surface area contributed by atoms with Crippen LogP contribution < -0.4 is 10.6 Å². The van der Waals surface area contributed by atoms with Gasteiger partial charge >= 0.3 is 0 Å². The molecular formula is C18H29ClN4. The largest absolute Gasteiger partial charge is 0.357 e. The molecule has 1 fully saturated rings. The lowest BCUT2D eigenvalue weighted by atomic mass is 10.1. The van der Waals surface area contributed by atoms with Crippen LogP contribution in [0.25, 0.3) is 0 Å². The van der Waals surface area contributed by atoms with E-state index in [1.54, 1.807) is 0 Å². The maximum atomic E-state index is 5.92. The Hall–Kier alpha value is -1.26. The number of nitrogens with one attached hydrogen (secondary N) is 2. The number of hydrogen-bond acceptors (Lipinski definition) is 2. The fourth-order valence-electron chi connectivity index (χ4n) is 2.72. The SMILES string of the molecule is CCNC(=NCC(C1CC1)N(C)C)NCCc1ccc(Cl)cc1. The minimum absolute atomic E-state index is 0.557. The van der Waals surface area contributed by atoms with Crippen molar-refractivity contribution in [3.63, 3.8) is 0 Å². The van der Waals surface area contributed by atoms with Gasteiger partial charge in [-0.1, -0.05) is 23.7 Å². The average molecular weight is 337 g/mol. The molecule has 0 radical (unpaired) electrons. The zero-order valence-corrected chi connectivity index (χ0v) is 15.2. The maximum Gasteiger partial charge on any atom is 0.191 e. The molecular weight excluding hydrogens is 308 g/mol. The Balaban J connectivity index is 1.82. The second-order valence-corrected chi connectivity index (χ2v) is 6.83. The van der Waals surface area contributed by atoms with Gasteiger partial charge in [0, 0.05) is 24.2 Å². The lowest BCUT2D eigenvalue weighted by Crippen LogP contribution is -2.40. The Kier molecular flexibility index (Phi) is 7.18. The molecule has 0 aromatic heterocycles. The maximum absolute atomic E-state index is 5.92. The highest BCUT2D eigenvalue weighted by molar-refractivity contribution is 6.30. The highest BCUT2D eigenvalue weighted by Crippen LogP contribution is 2.34. The first kappa shape index (κ1) is 18.1. The van der Waals surface area contributed by atoms with Crippen molar-refractivity contribution < 1.29 is 0 Å². The van der Waals surface area contributed by atoms with Crippen molar-refractivity contribution in [3.05, 3.63) is 34.9 Å². The van der Waals surface area contributed by atoms with Gasteiger partial charge in [0.15, 0.2) is 5.96 Å². The summed E-state index contributed by atoms with van der Waals surface area (Å²) in [5, 5.41) is 7.54. The van der Waals surface area contributed by atoms with Crippen LogP contribution in [0.1, 0.15) is 25.3 Å². The Bertz CT molecular complexity index is 492. The third kappa shape index (κ3) is 6.40. The summed E-state index contributed by atoms with van der Waals surface area (Å²) >= 11 is 5.92. The number of nitrogens with zero attached hydrogens (tertiary/aromatic N) is 2. The Labute approximate surface area is 145 Å². The number of halogens is 1. The van der Waals surface area contributed by atoms with Gasteiger partial charge in [-0.25, -0.2) is 0 Å². The number of hydrogen-bond donors (Lipinski definition) is 2. The van der Waals surface area contributed by atoms with Crippen LogP contribution in [0.4, 0.5) is 0 Å². The molecule has 0 spiro atoms. The minimum atomic E-state index is 0.557. The van der Waals surface area contributed by atoms with Gasteiger partial charge in [-0.3, -0.25) is 4.99 Å². The van der Waals surface area contributed by atoms with Gasteiger partial charge in [0.25, 0.3) is 0 Å². The minimum Gasteiger partial charge on any atom is -0.357 e. The van der Waals surface area contributed by atoms with Crippen LogP contribution in [0.5, 0.6) is 0 Å². The van der Waals surface area contributed by atoms with Crippen molar-refractivity contribution in [2.24, 2.45) is 10.9 Å². The van der Waals surface area contributed by atoms with Crippen LogP contribution in [0.2, 0.25) is 5.02 Å². The van der Waals surface area contributed by atoms with Crippen molar-refractivity contribution in [3.8, 4) is 0 Å². The normalized spacial score (nSPS) is 16.5. The van der Waals surface area contributed by atoms with Crippen LogP contribution in [-0.4, -0.2) is 50.6 Å². The molecule has 1 aromatic rings. The molecule has 0 heterocycles. The summed E-state index contributed by atoms with van der Waals surface area (Å²) in [6, 6.07) is 8.58. The molecule has 4 nitrogen and oxygen atoms in total. The standard InChI is InChI=1S/C18H29ClN4/c1-4-20-18(22-13-17(23(2)3)15-7-8-15)21-12-11-14-5-9-16(19)10-6-14/h5-6,9-10,15,17H,4,7-8,11-13H2,1-3H3,(H2,20,21,22). The van der Waals surface area contributed by atoms with Crippen molar-refractivity contribution in [1.82, 2.24) is 15.5 Å². The molecule has 0 saturated heterocycles. The molecule has 2 rings (SSSR count). The van der Waals surface area contributed by atoms with E-state index in [1.807, 2.05) is 12.1 Å². The second-order valence-electron chi connectivity index (χ2n) is 6.39. The first-order valence-corrected chi connectivity index (χ1v) is 8.91. The summed E-state index contributed by atoms with van der Waals surface area (Å²) in [5.74, 6) is 1.74. The van der Waals surface area contributed by atoms with E-state index in [-0.39, 0.29) is 0 Å². The quantitative estimate of drug-likeness (QED) is 0.566. The lowest BCUT2D eigenvalue weighted by Gasteiger charge is -2.23. The van der Waals surface area contributed by atoms with Crippen molar-refractivity contribution in [2.75, 3.05) is 33.7 Å². The fraction of sp³-hybridized carbons (Fsp3) is 0.611. The molecule has 1 atom stereocenters. The highest BCUT2D eigenvalue weighted by Gasteiger charge is 2.32. The third-order valence-electron chi connectivity index (χ3n) is 4.23. The predicted octanol–water partition coefficient (Wildman–Crippen LogP) is 2.78. The smallest absolute Gasteiger partial charge is 0.191 e. The van der Waals surface area contributed by atoms with Crippen LogP contribution in [0.3, 0.4) is 0 Å². The van der Waals surface area contributed by atoms with Gasteiger partial charge in [-0.2, -0.15) is 0 Å². The molecule has 1 aromatic carbocycles. The fourth-order valence-corrected chi connectivity index (χ4v) is 2.84. The van der Waals surface area contributed by atoms with E-state index in [9.17, 15) is 0 Å². The van der Waals surface area contributed by atoms with E-state index >= 15 is 0 Å². The topological polar surface area (TPSA) is 39.7 Å². The number of rotatable bonds is 8. The van der Waals surface area contributed by atoms with E-state index in [0.717, 1.165) is 43.0 Å². The van der Waals surface area contributed by atoms with Crippen molar-refractivity contribution >= 4 is 17.6 Å². The van der Waals surface area contributed by atoms with Gasteiger partial charge in [0.05, 0.1) is 6.54 Å². The molecule has 1 unspecified atom stereocenters. The summed E-state index contributed by atoms with van der Waals surface area (Å²) in [5.41, 5.74) is 1.28. The number of likely N-dealkylation sites (N-methyl/N-ethyl adjacent to an activating group) is 1. The van der Waals surface area contributed by atoms with E-state index in [2.05, 4.69) is 48.7 Å². The summed E-state index contributed by atoms with van der Waals surface area (Å²) < 4.78 is 0. The molecule has 2 N–H and O–H groups in total. The Morgan fingerprint density at radius 2 is 1.96 bits per heavy atom. The van der Waals surface area contributed by atoms with E-state index in [4.69, 9.17) is 16.6 Å². The first-order valence-electron chi connectivity index (χ1n) is 8.53. The number of aliphatic imine (C=N–C) groups is 1. The molecule has 5 heteroatoms. The Morgan fingerprint density at radius 1 is 1.26 bits per heavy atom. The summed E-state index contributed by atoms with van der Waals surface area (Å²) in [4.78, 5) is 7.08. The average Bonchev–Trinajstić information content (AvgIpc) is 3.34. The zero-order chi connectivity index (χ0) is 16.7. The monoisotopic (exact) mass is 336 g/mol. The molecule has 23 heavy (non-hydrogen) atoms. The second kappa shape index (κ2) is 9.14. The summed E-state index contributed by atoms with van der Waals surface area (Å²) in [7, 11) is 4.30. The Morgan fingerprint density at radius 3 is 2.52 bits per heavy atom. The summed E-state index contributed by atoms with van der Waals surface area (Å²) in [6.07, 6.45) is 3.65. The number of benzene rings is 1. The molecule has 1 saturated carbocycles.